The first kappa shape index (κ1) is 15.1. The van der Waals surface area contributed by atoms with Gasteiger partial charge in [-0.2, -0.15) is 0 Å². The Morgan fingerprint density at radius 3 is 2.29 bits per heavy atom. The van der Waals surface area contributed by atoms with Gasteiger partial charge in [-0.05, 0) is 12.1 Å². The number of nitrogens with zero attached hydrogens (tertiary/aromatic N) is 1. The molecule has 1 aromatic carbocycles. The van der Waals surface area contributed by atoms with Gasteiger partial charge < -0.3 is 5.43 Å². The van der Waals surface area contributed by atoms with Crippen LogP contribution in [0.3, 0.4) is 0 Å². The summed E-state index contributed by atoms with van der Waals surface area (Å²) in [5, 5.41) is 0. The number of hydrogen-bond donors (Lipinski definition) is 3. The molecular formula is C11H9F3N4O2S. The molecule has 0 spiro atoms. The zero-order valence-electron chi connectivity index (χ0n) is 10.3. The predicted molar refractivity (Wildman–Crippen MR) is 69.2 cm³/mol. The first-order chi connectivity index (χ1) is 9.83. The number of anilines is 2. The number of aromatic nitrogens is 1. The number of halogens is 3. The monoisotopic (exact) mass is 318 g/mol. The number of nitrogen functional groups attached to an aromatic ring is 1. The largest absolute Gasteiger partial charge is 0.308 e. The molecule has 0 amide bonds. The molecule has 2 aromatic rings. The fourth-order valence-electron chi connectivity index (χ4n) is 1.43. The molecule has 10 heteroatoms. The quantitative estimate of drug-likeness (QED) is 0.452. The van der Waals surface area contributed by atoms with Gasteiger partial charge in [0, 0.05) is 18.3 Å². The first-order valence-electron chi connectivity index (χ1n) is 5.43. The Balaban J connectivity index is 2.34. The molecule has 6 nitrogen and oxygen atoms in total. The minimum atomic E-state index is -4.20. The van der Waals surface area contributed by atoms with Gasteiger partial charge >= 0.3 is 0 Å². The third kappa shape index (κ3) is 3.23. The van der Waals surface area contributed by atoms with Crippen LogP contribution >= 0.6 is 0 Å². The molecule has 2 rings (SSSR count). The highest BCUT2D eigenvalue weighted by molar-refractivity contribution is 7.92. The van der Waals surface area contributed by atoms with E-state index in [-0.39, 0.29) is 16.8 Å². The smallest absolute Gasteiger partial charge is 0.263 e. The van der Waals surface area contributed by atoms with Crippen LogP contribution < -0.4 is 16.0 Å². The van der Waals surface area contributed by atoms with E-state index < -0.39 is 33.2 Å². The summed E-state index contributed by atoms with van der Waals surface area (Å²) in [5.41, 5.74) is 1.49. The van der Waals surface area contributed by atoms with Gasteiger partial charge in [0.05, 0.1) is 5.69 Å². The highest BCUT2D eigenvalue weighted by Gasteiger charge is 2.18. The van der Waals surface area contributed by atoms with Gasteiger partial charge in [0.1, 0.15) is 16.5 Å². The van der Waals surface area contributed by atoms with E-state index in [4.69, 9.17) is 5.84 Å². The van der Waals surface area contributed by atoms with Crippen molar-refractivity contribution in [2.24, 2.45) is 5.84 Å². The van der Waals surface area contributed by atoms with Gasteiger partial charge in [-0.25, -0.2) is 32.4 Å². The maximum atomic E-state index is 13.4. The predicted octanol–water partition coefficient (Wildman–Crippen LogP) is 1.59. The van der Waals surface area contributed by atoms with Crippen LogP contribution in [0.1, 0.15) is 0 Å². The number of benzene rings is 1. The molecule has 1 heterocycles. The van der Waals surface area contributed by atoms with Crippen molar-refractivity contribution in [1.29, 1.82) is 0 Å². The molecule has 4 N–H and O–H groups in total. The van der Waals surface area contributed by atoms with Crippen molar-refractivity contribution in [3.05, 3.63) is 47.9 Å². The van der Waals surface area contributed by atoms with Gasteiger partial charge in [-0.3, -0.25) is 4.72 Å². The minimum Gasteiger partial charge on any atom is -0.308 e. The van der Waals surface area contributed by atoms with Crippen molar-refractivity contribution in [2.75, 3.05) is 10.1 Å². The molecule has 0 fully saturated rings. The number of hydrogen-bond acceptors (Lipinski definition) is 5. The Kier molecular flexibility index (Phi) is 4.00. The summed E-state index contributed by atoms with van der Waals surface area (Å²) in [7, 11) is -4.20. The molecule has 1 aromatic heterocycles. The van der Waals surface area contributed by atoms with Crippen molar-refractivity contribution in [2.45, 2.75) is 4.90 Å². The summed E-state index contributed by atoms with van der Waals surface area (Å²) < 4.78 is 65.0. The van der Waals surface area contributed by atoms with Crippen molar-refractivity contribution < 1.29 is 21.6 Å². The van der Waals surface area contributed by atoms with Crippen LogP contribution in [-0.2, 0) is 10.0 Å². The molecule has 0 saturated carbocycles. The highest BCUT2D eigenvalue weighted by atomic mass is 32.2. The van der Waals surface area contributed by atoms with E-state index in [1.165, 1.54) is 6.07 Å². The topological polar surface area (TPSA) is 97.1 Å². The minimum absolute atomic E-state index is 0.216. The number of rotatable bonds is 4. The van der Waals surface area contributed by atoms with E-state index in [0.29, 0.717) is 6.07 Å². The highest BCUT2D eigenvalue weighted by Crippen LogP contribution is 2.22. The number of sulfonamides is 1. The van der Waals surface area contributed by atoms with Crippen molar-refractivity contribution >= 4 is 21.5 Å². The summed E-state index contributed by atoms with van der Waals surface area (Å²) in [6.45, 7) is 0. The van der Waals surface area contributed by atoms with Crippen LogP contribution in [0.25, 0.3) is 0 Å². The fraction of sp³-hybridized carbons (Fsp3) is 0. The van der Waals surface area contributed by atoms with Crippen molar-refractivity contribution in [3.63, 3.8) is 0 Å². The van der Waals surface area contributed by atoms with E-state index in [1.807, 2.05) is 4.72 Å². The summed E-state index contributed by atoms with van der Waals surface area (Å²) in [6.07, 6.45) is 0.968. The average Bonchev–Trinajstić information content (AvgIpc) is 2.44. The standard InChI is InChI=1S/C11H9F3N4O2S/c12-7-3-9(14)10(4-8(7)13)18-21(19,20)6-1-2-11(17-15)16-5-6/h1-5,18H,15H2,(H,16,17). The lowest BCUT2D eigenvalue weighted by molar-refractivity contribution is 0.496. The summed E-state index contributed by atoms with van der Waals surface area (Å²) in [5.74, 6) is 1.25. The van der Waals surface area contributed by atoms with Crippen LogP contribution in [0.5, 0.6) is 0 Å². The maximum absolute atomic E-state index is 13.4. The number of pyridine rings is 1. The fourth-order valence-corrected chi connectivity index (χ4v) is 2.43. The molecule has 112 valence electrons. The number of hydrazine groups is 1. The van der Waals surface area contributed by atoms with E-state index in [2.05, 4.69) is 10.4 Å². The Morgan fingerprint density at radius 2 is 1.71 bits per heavy atom. The summed E-state index contributed by atoms with van der Waals surface area (Å²) in [6, 6.07) is 3.08. The Labute approximate surface area is 117 Å². The average molecular weight is 318 g/mol. The second-order valence-electron chi connectivity index (χ2n) is 3.88. The lowest BCUT2D eigenvalue weighted by atomic mass is 10.3. The van der Waals surface area contributed by atoms with Gasteiger partial charge in [-0.1, -0.05) is 0 Å². The second-order valence-corrected chi connectivity index (χ2v) is 5.56. The molecule has 21 heavy (non-hydrogen) atoms. The third-order valence-electron chi connectivity index (χ3n) is 2.45. The number of nitrogens with two attached hydrogens (primary N) is 1. The molecule has 0 aliphatic rings. The molecule has 0 radical (unpaired) electrons. The maximum Gasteiger partial charge on any atom is 0.263 e. The molecule has 0 atom stereocenters. The van der Waals surface area contributed by atoms with E-state index in [1.54, 1.807) is 0 Å². The normalized spacial score (nSPS) is 11.2. The zero-order chi connectivity index (χ0) is 15.6. The van der Waals surface area contributed by atoms with Crippen LogP contribution in [-0.4, -0.2) is 13.4 Å². The molecule has 0 bridgehead atoms. The molecular weight excluding hydrogens is 309 g/mol. The van der Waals surface area contributed by atoms with Gasteiger partial charge in [0.25, 0.3) is 10.0 Å². The summed E-state index contributed by atoms with van der Waals surface area (Å²) in [4.78, 5) is 3.38. The number of nitrogens with one attached hydrogen (secondary N) is 2. The lowest BCUT2D eigenvalue weighted by Crippen LogP contribution is -2.15. The zero-order valence-corrected chi connectivity index (χ0v) is 11.1. The van der Waals surface area contributed by atoms with Crippen LogP contribution in [0.2, 0.25) is 0 Å². The van der Waals surface area contributed by atoms with Crippen LogP contribution in [0.15, 0.2) is 35.4 Å². The summed E-state index contributed by atoms with van der Waals surface area (Å²) >= 11 is 0. The van der Waals surface area contributed by atoms with E-state index in [0.717, 1.165) is 12.3 Å². The molecule has 0 aliphatic carbocycles. The molecule has 0 saturated heterocycles. The van der Waals surface area contributed by atoms with Gasteiger partial charge in [-0.15, -0.1) is 0 Å². The van der Waals surface area contributed by atoms with E-state index in [9.17, 15) is 21.6 Å². The SMILES string of the molecule is NNc1ccc(S(=O)(=O)Nc2cc(F)c(F)cc2F)cn1. The first-order valence-corrected chi connectivity index (χ1v) is 6.92. The van der Waals surface area contributed by atoms with Gasteiger partial charge in [0.15, 0.2) is 11.6 Å². The van der Waals surface area contributed by atoms with Gasteiger partial charge in [0.2, 0.25) is 0 Å². The lowest BCUT2D eigenvalue weighted by Gasteiger charge is -2.09. The Bertz CT molecular complexity index is 766. The van der Waals surface area contributed by atoms with Crippen LogP contribution in [0, 0.1) is 17.5 Å². The van der Waals surface area contributed by atoms with Crippen molar-refractivity contribution in [3.8, 4) is 0 Å². The van der Waals surface area contributed by atoms with Crippen molar-refractivity contribution in [1.82, 2.24) is 4.98 Å². The second kappa shape index (κ2) is 5.58. The molecule has 0 aliphatic heterocycles. The third-order valence-corrected chi connectivity index (χ3v) is 3.80. The van der Waals surface area contributed by atoms with E-state index >= 15 is 0 Å². The van der Waals surface area contributed by atoms with Crippen LogP contribution in [0.4, 0.5) is 24.7 Å². The molecule has 0 unspecified atom stereocenters. The Morgan fingerprint density at radius 1 is 1.05 bits per heavy atom. The Hall–Kier alpha value is -2.33.